The van der Waals surface area contributed by atoms with Crippen LogP contribution in [0.2, 0.25) is 0 Å². The zero-order valence-electron chi connectivity index (χ0n) is 12.5. The molecule has 2 rings (SSSR count). The highest BCUT2D eigenvalue weighted by Gasteiger charge is 2.17. The third-order valence-corrected chi connectivity index (χ3v) is 4.09. The van der Waals surface area contributed by atoms with Gasteiger partial charge in [-0.2, -0.15) is 0 Å². The molecule has 1 fully saturated rings. The van der Waals surface area contributed by atoms with Gasteiger partial charge in [-0.15, -0.1) is 0 Å². The minimum Gasteiger partial charge on any atom is -0.504 e. The van der Waals surface area contributed by atoms with Crippen LogP contribution in [0.3, 0.4) is 0 Å². The number of benzene rings is 1. The van der Waals surface area contributed by atoms with Crippen molar-refractivity contribution in [3.05, 3.63) is 23.8 Å². The molecule has 5 heteroatoms. The molecular weight excluding hydrogens is 268 g/mol. The molecule has 1 aliphatic rings. The van der Waals surface area contributed by atoms with Gasteiger partial charge in [-0.25, -0.2) is 0 Å². The molecule has 0 saturated carbocycles. The van der Waals surface area contributed by atoms with Gasteiger partial charge in [0.25, 0.3) is 5.91 Å². The van der Waals surface area contributed by atoms with Crippen LogP contribution in [0, 0.1) is 0 Å². The number of nitrogens with zero attached hydrogens (tertiary/aromatic N) is 1. The second kappa shape index (κ2) is 7.31. The van der Waals surface area contributed by atoms with E-state index in [0.29, 0.717) is 18.2 Å². The monoisotopic (exact) mass is 292 g/mol. The summed E-state index contributed by atoms with van der Waals surface area (Å²) in [6.45, 7) is 5.03. The molecule has 0 spiro atoms. The smallest absolute Gasteiger partial charge is 0.251 e. The van der Waals surface area contributed by atoms with E-state index in [0.717, 1.165) is 19.5 Å². The number of piperidine rings is 1. The number of phenolic OH excluding ortho intramolecular Hbond substituents is 2. The zero-order chi connectivity index (χ0) is 15.2. The number of carbonyl (C=O) groups is 1. The van der Waals surface area contributed by atoms with Gasteiger partial charge >= 0.3 is 0 Å². The lowest BCUT2D eigenvalue weighted by Crippen LogP contribution is -2.39. The summed E-state index contributed by atoms with van der Waals surface area (Å²) in [7, 11) is 0. The number of rotatable bonds is 5. The minimum absolute atomic E-state index is 0.217. The Morgan fingerprint density at radius 2 is 2.14 bits per heavy atom. The average molecular weight is 292 g/mol. The largest absolute Gasteiger partial charge is 0.504 e. The van der Waals surface area contributed by atoms with Gasteiger partial charge in [0, 0.05) is 24.7 Å². The molecule has 1 aromatic rings. The summed E-state index contributed by atoms with van der Waals surface area (Å²) in [6, 6.07) is 4.73. The van der Waals surface area contributed by atoms with Crippen molar-refractivity contribution in [2.24, 2.45) is 0 Å². The third kappa shape index (κ3) is 4.36. The molecule has 0 aromatic heterocycles. The minimum atomic E-state index is -0.273. The van der Waals surface area contributed by atoms with Crippen LogP contribution in [0.5, 0.6) is 11.5 Å². The molecule has 3 N–H and O–H groups in total. The number of hydrogen-bond donors (Lipinski definition) is 3. The Morgan fingerprint density at radius 1 is 1.33 bits per heavy atom. The molecule has 0 bridgehead atoms. The van der Waals surface area contributed by atoms with E-state index in [1.165, 1.54) is 37.5 Å². The van der Waals surface area contributed by atoms with E-state index in [1.807, 2.05) is 0 Å². The van der Waals surface area contributed by atoms with Crippen LogP contribution in [0.25, 0.3) is 0 Å². The van der Waals surface area contributed by atoms with Gasteiger partial charge in [0.1, 0.15) is 0 Å². The average Bonchev–Trinajstić information content (AvgIpc) is 2.48. The standard InChI is InChI=1S/C16H24N2O3/c1-12-5-2-3-9-18(12)10-4-8-17-16(21)13-6-7-14(19)15(20)11-13/h6-7,11-12,19-20H,2-5,8-10H2,1H3,(H,17,21). The molecular formula is C16H24N2O3. The van der Waals surface area contributed by atoms with Gasteiger partial charge in [-0.1, -0.05) is 6.42 Å². The molecule has 0 aliphatic carbocycles. The Labute approximate surface area is 125 Å². The molecule has 1 unspecified atom stereocenters. The van der Waals surface area contributed by atoms with Crippen LogP contribution in [0.15, 0.2) is 18.2 Å². The van der Waals surface area contributed by atoms with Gasteiger partial charge in [0.2, 0.25) is 0 Å². The topological polar surface area (TPSA) is 72.8 Å². The number of likely N-dealkylation sites (tertiary alicyclic amines) is 1. The van der Waals surface area contributed by atoms with E-state index in [9.17, 15) is 15.0 Å². The molecule has 1 amide bonds. The Bertz CT molecular complexity index is 490. The van der Waals surface area contributed by atoms with E-state index in [4.69, 9.17) is 0 Å². The first-order valence-corrected chi connectivity index (χ1v) is 7.62. The van der Waals surface area contributed by atoms with Crippen LogP contribution < -0.4 is 5.32 Å². The normalized spacial score (nSPS) is 19.4. The van der Waals surface area contributed by atoms with Crippen LogP contribution in [0.1, 0.15) is 43.0 Å². The van der Waals surface area contributed by atoms with Crippen molar-refractivity contribution < 1.29 is 15.0 Å². The molecule has 5 nitrogen and oxygen atoms in total. The lowest BCUT2D eigenvalue weighted by molar-refractivity contribution is 0.0948. The Kier molecular flexibility index (Phi) is 5.44. The number of amides is 1. The maximum Gasteiger partial charge on any atom is 0.251 e. The highest BCUT2D eigenvalue weighted by Crippen LogP contribution is 2.24. The quantitative estimate of drug-likeness (QED) is 0.574. The molecule has 1 saturated heterocycles. The molecule has 1 atom stereocenters. The second-order valence-electron chi connectivity index (χ2n) is 5.69. The predicted molar refractivity (Wildman–Crippen MR) is 81.6 cm³/mol. The van der Waals surface area contributed by atoms with Crippen molar-refractivity contribution in [3.8, 4) is 11.5 Å². The molecule has 1 aromatic carbocycles. The van der Waals surface area contributed by atoms with Gasteiger partial charge in [0.05, 0.1) is 0 Å². The fourth-order valence-electron chi connectivity index (χ4n) is 2.74. The first kappa shape index (κ1) is 15.6. The maximum atomic E-state index is 11.9. The van der Waals surface area contributed by atoms with Crippen molar-refractivity contribution in [1.29, 1.82) is 0 Å². The first-order valence-electron chi connectivity index (χ1n) is 7.62. The summed E-state index contributed by atoms with van der Waals surface area (Å²) < 4.78 is 0. The van der Waals surface area contributed by atoms with Gasteiger partial charge in [-0.3, -0.25) is 4.79 Å². The van der Waals surface area contributed by atoms with E-state index in [2.05, 4.69) is 17.1 Å². The number of carbonyl (C=O) groups excluding carboxylic acids is 1. The fraction of sp³-hybridized carbons (Fsp3) is 0.562. The van der Waals surface area contributed by atoms with Gasteiger partial charge in [-0.05, 0) is 50.9 Å². The lowest BCUT2D eigenvalue weighted by Gasteiger charge is -2.33. The van der Waals surface area contributed by atoms with Gasteiger partial charge in [0.15, 0.2) is 11.5 Å². The zero-order valence-corrected chi connectivity index (χ0v) is 12.5. The number of hydrogen-bond acceptors (Lipinski definition) is 4. The van der Waals surface area contributed by atoms with Crippen molar-refractivity contribution in [2.45, 2.75) is 38.6 Å². The highest BCUT2D eigenvalue weighted by atomic mass is 16.3. The number of phenols is 2. The van der Waals surface area contributed by atoms with Crippen molar-refractivity contribution in [3.63, 3.8) is 0 Å². The Hall–Kier alpha value is -1.75. The maximum absolute atomic E-state index is 11.9. The van der Waals surface area contributed by atoms with E-state index >= 15 is 0 Å². The molecule has 21 heavy (non-hydrogen) atoms. The number of nitrogens with one attached hydrogen (secondary N) is 1. The summed E-state index contributed by atoms with van der Waals surface area (Å²) in [5, 5.41) is 21.4. The molecule has 0 radical (unpaired) electrons. The summed E-state index contributed by atoms with van der Waals surface area (Å²) >= 11 is 0. The van der Waals surface area contributed by atoms with Crippen LogP contribution in [-0.2, 0) is 0 Å². The van der Waals surface area contributed by atoms with Crippen LogP contribution in [-0.4, -0.2) is 46.7 Å². The molecule has 116 valence electrons. The van der Waals surface area contributed by atoms with E-state index in [-0.39, 0.29) is 17.4 Å². The number of aromatic hydroxyl groups is 2. The molecule has 1 aliphatic heterocycles. The summed E-state index contributed by atoms with van der Waals surface area (Å²) in [5.74, 6) is -0.715. The van der Waals surface area contributed by atoms with Crippen molar-refractivity contribution in [1.82, 2.24) is 10.2 Å². The molecule has 1 heterocycles. The SMILES string of the molecule is CC1CCCCN1CCCNC(=O)c1ccc(O)c(O)c1. The Morgan fingerprint density at radius 3 is 2.86 bits per heavy atom. The van der Waals surface area contributed by atoms with Gasteiger partial charge < -0.3 is 20.4 Å². The third-order valence-electron chi connectivity index (χ3n) is 4.09. The predicted octanol–water partition coefficient (Wildman–Crippen LogP) is 2.09. The van der Waals surface area contributed by atoms with E-state index in [1.54, 1.807) is 0 Å². The highest BCUT2D eigenvalue weighted by molar-refractivity contribution is 5.94. The van der Waals surface area contributed by atoms with Crippen molar-refractivity contribution >= 4 is 5.91 Å². The van der Waals surface area contributed by atoms with Crippen molar-refractivity contribution in [2.75, 3.05) is 19.6 Å². The second-order valence-corrected chi connectivity index (χ2v) is 5.69. The fourth-order valence-corrected chi connectivity index (χ4v) is 2.74. The Balaban J connectivity index is 1.72. The van der Waals surface area contributed by atoms with Crippen LogP contribution in [0.4, 0.5) is 0 Å². The lowest BCUT2D eigenvalue weighted by atomic mass is 10.0. The first-order chi connectivity index (χ1) is 10.1. The van der Waals surface area contributed by atoms with Crippen LogP contribution >= 0.6 is 0 Å². The van der Waals surface area contributed by atoms with E-state index < -0.39 is 0 Å². The summed E-state index contributed by atoms with van der Waals surface area (Å²) in [6.07, 6.45) is 4.77. The summed E-state index contributed by atoms with van der Waals surface area (Å²) in [4.78, 5) is 14.4. The summed E-state index contributed by atoms with van der Waals surface area (Å²) in [5.41, 5.74) is 0.358.